The molecule has 140 valence electrons. The minimum atomic E-state index is -0.256. The highest BCUT2D eigenvalue weighted by molar-refractivity contribution is 5.69. The van der Waals surface area contributed by atoms with Gasteiger partial charge in [0.2, 0.25) is 5.89 Å². The largest absolute Gasteiger partial charge is 0.497 e. The molecule has 6 nitrogen and oxygen atoms in total. The van der Waals surface area contributed by atoms with Crippen molar-refractivity contribution in [2.75, 3.05) is 14.2 Å². The third-order valence-electron chi connectivity index (χ3n) is 4.01. The van der Waals surface area contributed by atoms with Gasteiger partial charge in [-0.05, 0) is 42.0 Å². The quantitative estimate of drug-likeness (QED) is 0.634. The lowest BCUT2D eigenvalue weighted by atomic mass is 10.2. The number of benzene rings is 2. The van der Waals surface area contributed by atoms with Gasteiger partial charge in [-0.15, -0.1) is 0 Å². The van der Waals surface area contributed by atoms with Crippen molar-refractivity contribution in [3.63, 3.8) is 0 Å². The van der Waals surface area contributed by atoms with Crippen LogP contribution >= 0.6 is 0 Å². The van der Waals surface area contributed by atoms with E-state index in [-0.39, 0.29) is 5.97 Å². The summed E-state index contributed by atoms with van der Waals surface area (Å²) in [5.41, 5.74) is 2.88. The summed E-state index contributed by atoms with van der Waals surface area (Å²) in [4.78, 5) is 15.4. The number of aryl methyl sites for hydroxylation is 1. The van der Waals surface area contributed by atoms with Crippen molar-refractivity contribution in [1.29, 1.82) is 0 Å². The van der Waals surface area contributed by atoms with E-state index in [1.807, 2.05) is 36.4 Å². The standard InChI is InChI=1S/C14H15NO4.C7H6O/c1-17-12-6-3-10(4-7-12)14-15-11(9-19-14)5-8-13(16)18-2;1-2-6-4-7(3-1)8-5-6/h3-4,6-7,9H,5,8H2,1-2H3;1-4H,5H2. The second-order valence-electron chi connectivity index (χ2n) is 5.88. The number of hydrogen-bond acceptors (Lipinski definition) is 6. The summed E-state index contributed by atoms with van der Waals surface area (Å²) in [6.45, 7) is 0.766. The van der Waals surface area contributed by atoms with Gasteiger partial charge in [-0.3, -0.25) is 4.79 Å². The van der Waals surface area contributed by atoms with Crippen LogP contribution in [-0.2, 0) is 22.6 Å². The fraction of sp³-hybridized carbons (Fsp3) is 0.238. The molecule has 0 atom stereocenters. The molecule has 1 aliphatic rings. The molecule has 3 aromatic rings. The van der Waals surface area contributed by atoms with Crippen LogP contribution in [0.4, 0.5) is 0 Å². The van der Waals surface area contributed by atoms with Crippen LogP contribution in [0.1, 0.15) is 17.7 Å². The monoisotopic (exact) mass is 367 g/mol. The summed E-state index contributed by atoms with van der Waals surface area (Å²) in [6, 6.07) is 15.5. The Morgan fingerprint density at radius 1 is 1.15 bits per heavy atom. The van der Waals surface area contributed by atoms with E-state index in [4.69, 9.17) is 13.9 Å². The first-order valence-corrected chi connectivity index (χ1v) is 8.55. The molecule has 0 fully saturated rings. The third-order valence-corrected chi connectivity index (χ3v) is 4.01. The molecule has 0 saturated carbocycles. The number of carbonyl (C=O) groups excluding carboxylic acids is 1. The minimum Gasteiger partial charge on any atom is -0.497 e. The van der Waals surface area contributed by atoms with Crippen molar-refractivity contribution >= 4 is 5.97 Å². The van der Waals surface area contributed by atoms with Crippen LogP contribution in [0.15, 0.2) is 59.2 Å². The van der Waals surface area contributed by atoms with Gasteiger partial charge in [0.15, 0.2) is 0 Å². The number of fused-ring (bicyclic) bond motifs is 2. The molecule has 4 rings (SSSR count). The molecule has 0 amide bonds. The van der Waals surface area contributed by atoms with E-state index in [2.05, 4.69) is 21.9 Å². The van der Waals surface area contributed by atoms with Gasteiger partial charge in [-0.1, -0.05) is 12.1 Å². The van der Waals surface area contributed by atoms with Gasteiger partial charge in [0.05, 0.1) is 26.3 Å². The summed E-state index contributed by atoms with van der Waals surface area (Å²) in [5.74, 6) is 2.06. The number of methoxy groups -OCH3 is 2. The molecule has 0 aliphatic carbocycles. The number of nitrogens with zero attached hydrogens (tertiary/aromatic N) is 1. The highest BCUT2D eigenvalue weighted by Gasteiger charge is 2.09. The fourth-order valence-corrected chi connectivity index (χ4v) is 2.51. The van der Waals surface area contributed by atoms with Crippen molar-refractivity contribution < 1.29 is 23.4 Å². The predicted octanol–water partition coefficient (Wildman–Crippen LogP) is 4.03. The summed E-state index contributed by atoms with van der Waals surface area (Å²) in [7, 11) is 2.99. The molecule has 1 aliphatic heterocycles. The molecule has 2 heterocycles. The van der Waals surface area contributed by atoms with E-state index in [1.54, 1.807) is 13.4 Å². The summed E-state index contributed by atoms with van der Waals surface area (Å²) in [5, 5.41) is 0. The van der Waals surface area contributed by atoms with Crippen molar-refractivity contribution in [3.05, 3.63) is 66.1 Å². The average Bonchev–Trinajstić information content (AvgIpc) is 3.33. The van der Waals surface area contributed by atoms with E-state index < -0.39 is 0 Å². The Kier molecular flexibility index (Phi) is 6.10. The van der Waals surface area contributed by atoms with Gasteiger partial charge in [0.1, 0.15) is 24.4 Å². The van der Waals surface area contributed by atoms with Gasteiger partial charge in [-0.25, -0.2) is 4.98 Å². The Balaban J connectivity index is 0.000000216. The lowest BCUT2D eigenvalue weighted by molar-refractivity contribution is -0.140. The molecule has 0 unspecified atom stereocenters. The van der Waals surface area contributed by atoms with E-state index in [9.17, 15) is 4.79 Å². The van der Waals surface area contributed by atoms with E-state index in [1.165, 1.54) is 12.7 Å². The Morgan fingerprint density at radius 3 is 2.63 bits per heavy atom. The van der Waals surface area contributed by atoms with Crippen LogP contribution < -0.4 is 9.47 Å². The molecule has 2 aromatic carbocycles. The first-order chi connectivity index (χ1) is 13.2. The van der Waals surface area contributed by atoms with Crippen LogP contribution in [0.5, 0.6) is 11.5 Å². The van der Waals surface area contributed by atoms with Crippen molar-refractivity contribution in [1.82, 2.24) is 4.98 Å². The van der Waals surface area contributed by atoms with Gasteiger partial charge >= 0.3 is 5.97 Å². The van der Waals surface area contributed by atoms with Gasteiger partial charge in [0.25, 0.3) is 0 Å². The Hall–Kier alpha value is -3.28. The fourth-order valence-electron chi connectivity index (χ4n) is 2.51. The topological polar surface area (TPSA) is 70.8 Å². The third kappa shape index (κ3) is 5.10. The lowest BCUT2D eigenvalue weighted by Gasteiger charge is -1.99. The summed E-state index contributed by atoms with van der Waals surface area (Å²) in [6.07, 6.45) is 2.36. The number of oxazole rings is 1. The van der Waals surface area contributed by atoms with Crippen LogP contribution in [0.2, 0.25) is 0 Å². The van der Waals surface area contributed by atoms with E-state index in [0.29, 0.717) is 18.7 Å². The van der Waals surface area contributed by atoms with E-state index in [0.717, 1.165) is 29.4 Å². The van der Waals surface area contributed by atoms with Crippen LogP contribution in [0.25, 0.3) is 11.5 Å². The first kappa shape index (κ1) is 18.5. The van der Waals surface area contributed by atoms with Gasteiger partial charge < -0.3 is 18.6 Å². The molecule has 0 N–H and O–H groups in total. The van der Waals surface area contributed by atoms with E-state index >= 15 is 0 Å². The van der Waals surface area contributed by atoms with Crippen molar-refractivity contribution in [3.8, 4) is 23.0 Å². The number of rotatable bonds is 5. The maximum absolute atomic E-state index is 11.0. The van der Waals surface area contributed by atoms with Crippen molar-refractivity contribution in [2.24, 2.45) is 0 Å². The molecule has 27 heavy (non-hydrogen) atoms. The zero-order chi connectivity index (χ0) is 19.1. The van der Waals surface area contributed by atoms with Gasteiger partial charge in [-0.2, -0.15) is 0 Å². The molecule has 2 bridgehead atoms. The van der Waals surface area contributed by atoms with Gasteiger partial charge in [0, 0.05) is 12.0 Å². The average molecular weight is 367 g/mol. The second-order valence-corrected chi connectivity index (χ2v) is 5.88. The predicted molar refractivity (Wildman–Crippen MR) is 99.6 cm³/mol. The number of ether oxygens (including phenoxy) is 3. The maximum Gasteiger partial charge on any atom is 0.305 e. The molecule has 0 saturated heterocycles. The minimum absolute atomic E-state index is 0.256. The van der Waals surface area contributed by atoms with Crippen LogP contribution in [-0.4, -0.2) is 25.2 Å². The zero-order valence-corrected chi connectivity index (χ0v) is 15.3. The molecule has 1 aromatic heterocycles. The normalized spacial score (nSPS) is 11.2. The van der Waals surface area contributed by atoms with Crippen LogP contribution in [0.3, 0.4) is 0 Å². The summed E-state index contributed by atoms with van der Waals surface area (Å²) >= 11 is 0. The zero-order valence-electron chi connectivity index (χ0n) is 15.3. The number of aromatic nitrogens is 1. The molecule has 6 heteroatoms. The Bertz CT molecular complexity index is 866. The SMILES string of the molecule is COC(=O)CCc1coc(-c2ccc(OC)cc2)n1.c1cc2cc(c1)OC2. The number of carbonyl (C=O) groups is 1. The second kappa shape index (κ2) is 8.89. The Labute approximate surface area is 157 Å². The molecular weight excluding hydrogens is 346 g/mol. The summed E-state index contributed by atoms with van der Waals surface area (Å²) < 4.78 is 20.2. The number of hydrogen-bond donors (Lipinski definition) is 0. The maximum atomic E-state index is 11.0. The van der Waals surface area contributed by atoms with Crippen LogP contribution in [0, 0.1) is 0 Å². The first-order valence-electron chi connectivity index (χ1n) is 8.55. The number of esters is 1. The molecule has 0 spiro atoms. The smallest absolute Gasteiger partial charge is 0.305 e. The lowest BCUT2D eigenvalue weighted by Crippen LogP contribution is -2.01. The Morgan fingerprint density at radius 2 is 1.96 bits per heavy atom. The highest BCUT2D eigenvalue weighted by Crippen LogP contribution is 2.22. The molecule has 0 radical (unpaired) electrons. The van der Waals surface area contributed by atoms with Crippen molar-refractivity contribution in [2.45, 2.75) is 19.4 Å². The molecular formula is C21H21NO5. The highest BCUT2D eigenvalue weighted by atomic mass is 16.5.